The third-order valence-corrected chi connectivity index (χ3v) is 4.01. The Bertz CT molecular complexity index is 788. The van der Waals surface area contributed by atoms with Crippen LogP contribution in [0.15, 0.2) is 66.9 Å². The average molecular weight is 258 g/mol. The summed E-state index contributed by atoms with van der Waals surface area (Å²) in [5.41, 5.74) is 8.12. The molecule has 1 aliphatic carbocycles. The zero-order valence-electron chi connectivity index (χ0n) is 11.5. The number of nitrogens with zero attached hydrogens (tertiary/aromatic N) is 1. The number of rotatable bonds is 1. The van der Waals surface area contributed by atoms with Crippen LogP contribution in [-0.4, -0.2) is 0 Å². The summed E-state index contributed by atoms with van der Waals surface area (Å²) in [4.78, 5) is 0. The van der Waals surface area contributed by atoms with Crippen LogP contribution in [0.2, 0.25) is 0 Å². The van der Waals surface area contributed by atoms with Crippen molar-refractivity contribution in [3.63, 3.8) is 0 Å². The van der Waals surface area contributed by atoms with Crippen LogP contribution in [0.5, 0.6) is 0 Å². The summed E-state index contributed by atoms with van der Waals surface area (Å²) >= 11 is 0. The van der Waals surface area contributed by atoms with Crippen LogP contribution < -0.4 is 4.57 Å². The molecule has 0 saturated carbocycles. The number of fused-ring (bicyclic) bond motifs is 3. The van der Waals surface area contributed by atoms with E-state index in [9.17, 15) is 0 Å². The van der Waals surface area contributed by atoms with Crippen LogP contribution in [0, 0.1) is 6.92 Å². The Kier molecular flexibility index (Phi) is 2.46. The van der Waals surface area contributed by atoms with E-state index in [2.05, 4.69) is 78.4 Å². The van der Waals surface area contributed by atoms with Crippen LogP contribution in [0.1, 0.15) is 16.8 Å². The second-order valence-corrected chi connectivity index (χ2v) is 5.42. The van der Waals surface area contributed by atoms with Gasteiger partial charge in [0.15, 0.2) is 11.9 Å². The van der Waals surface area contributed by atoms with Crippen molar-refractivity contribution in [2.24, 2.45) is 0 Å². The van der Waals surface area contributed by atoms with Crippen molar-refractivity contribution in [2.75, 3.05) is 0 Å². The lowest BCUT2D eigenvalue weighted by atomic mass is 10.1. The monoisotopic (exact) mass is 258 g/mol. The number of aromatic nitrogens is 1. The van der Waals surface area contributed by atoms with Crippen LogP contribution in [0.25, 0.3) is 16.8 Å². The SMILES string of the molecule is Cc1cc2c([n+](-c3ccccc3)c1)Cc1ccccc1-2. The molecule has 3 aromatic rings. The molecule has 0 N–H and O–H groups in total. The molecule has 0 fully saturated rings. The number of para-hydroxylation sites is 1. The van der Waals surface area contributed by atoms with Crippen molar-refractivity contribution in [3.05, 3.63) is 83.7 Å². The first kappa shape index (κ1) is 11.4. The molecule has 0 saturated heterocycles. The van der Waals surface area contributed by atoms with Gasteiger partial charge in [0.25, 0.3) is 0 Å². The van der Waals surface area contributed by atoms with E-state index in [1.807, 2.05) is 0 Å². The Morgan fingerprint density at radius 2 is 1.60 bits per heavy atom. The number of hydrogen-bond donors (Lipinski definition) is 0. The molecule has 0 atom stereocenters. The van der Waals surface area contributed by atoms with Crippen molar-refractivity contribution < 1.29 is 4.57 Å². The predicted molar refractivity (Wildman–Crippen MR) is 81.0 cm³/mol. The number of aryl methyl sites for hydroxylation is 1. The maximum atomic E-state index is 2.34. The highest BCUT2D eigenvalue weighted by Crippen LogP contribution is 2.35. The molecule has 1 nitrogen and oxygen atoms in total. The molecule has 2 aromatic carbocycles. The topological polar surface area (TPSA) is 3.88 Å². The van der Waals surface area contributed by atoms with Crippen molar-refractivity contribution in [2.45, 2.75) is 13.3 Å². The van der Waals surface area contributed by atoms with Gasteiger partial charge in [-0.1, -0.05) is 42.5 Å². The first-order chi connectivity index (χ1) is 9.83. The summed E-state index contributed by atoms with van der Waals surface area (Å²) in [6.07, 6.45) is 3.25. The third-order valence-electron chi connectivity index (χ3n) is 4.01. The van der Waals surface area contributed by atoms with E-state index in [4.69, 9.17) is 0 Å². The Labute approximate surface area is 119 Å². The van der Waals surface area contributed by atoms with Crippen molar-refractivity contribution in [1.29, 1.82) is 0 Å². The number of pyridine rings is 1. The van der Waals surface area contributed by atoms with Gasteiger partial charge in [0, 0.05) is 17.7 Å². The highest BCUT2D eigenvalue weighted by Gasteiger charge is 2.28. The summed E-state index contributed by atoms with van der Waals surface area (Å²) in [7, 11) is 0. The van der Waals surface area contributed by atoms with E-state index < -0.39 is 0 Å². The Morgan fingerprint density at radius 1 is 0.850 bits per heavy atom. The van der Waals surface area contributed by atoms with E-state index in [0.29, 0.717) is 0 Å². The molecule has 0 bridgehead atoms. The lowest BCUT2D eigenvalue weighted by molar-refractivity contribution is -0.603. The molecular weight excluding hydrogens is 242 g/mol. The van der Waals surface area contributed by atoms with Gasteiger partial charge in [-0.2, -0.15) is 4.57 Å². The van der Waals surface area contributed by atoms with Gasteiger partial charge in [-0.15, -0.1) is 0 Å². The largest absolute Gasteiger partial charge is 0.210 e. The number of benzene rings is 2. The maximum Gasteiger partial charge on any atom is 0.210 e. The fourth-order valence-corrected chi connectivity index (χ4v) is 3.11. The molecule has 96 valence electrons. The third kappa shape index (κ3) is 1.67. The first-order valence-electron chi connectivity index (χ1n) is 7.02. The minimum Gasteiger partial charge on any atom is -0.163 e. The summed E-state index contributed by atoms with van der Waals surface area (Å²) in [6.45, 7) is 2.17. The van der Waals surface area contributed by atoms with Gasteiger partial charge in [-0.05, 0) is 24.1 Å². The van der Waals surface area contributed by atoms with Crippen molar-refractivity contribution in [3.8, 4) is 16.8 Å². The predicted octanol–water partition coefficient (Wildman–Crippen LogP) is 3.84. The summed E-state index contributed by atoms with van der Waals surface area (Å²) in [6, 6.07) is 21.6. The fraction of sp³-hybridized carbons (Fsp3) is 0.105. The normalized spacial score (nSPS) is 12.1. The van der Waals surface area contributed by atoms with Gasteiger partial charge in [0.05, 0.1) is 12.0 Å². The maximum absolute atomic E-state index is 2.34. The van der Waals surface area contributed by atoms with Crippen LogP contribution in [0.3, 0.4) is 0 Å². The molecule has 0 unspecified atom stereocenters. The average Bonchev–Trinajstić information content (AvgIpc) is 2.86. The second kappa shape index (κ2) is 4.31. The summed E-state index contributed by atoms with van der Waals surface area (Å²) in [5, 5.41) is 0. The fourth-order valence-electron chi connectivity index (χ4n) is 3.11. The summed E-state index contributed by atoms with van der Waals surface area (Å²) in [5.74, 6) is 0. The van der Waals surface area contributed by atoms with Gasteiger partial charge in [0.2, 0.25) is 5.69 Å². The van der Waals surface area contributed by atoms with Gasteiger partial charge >= 0.3 is 0 Å². The quantitative estimate of drug-likeness (QED) is 0.457. The minimum atomic E-state index is 1.01. The van der Waals surface area contributed by atoms with Gasteiger partial charge in [0.1, 0.15) is 0 Å². The molecule has 1 heteroatoms. The van der Waals surface area contributed by atoms with E-state index in [0.717, 1.165) is 6.42 Å². The molecule has 0 aliphatic heterocycles. The zero-order valence-corrected chi connectivity index (χ0v) is 11.5. The minimum absolute atomic E-state index is 1.01. The Morgan fingerprint density at radius 3 is 2.45 bits per heavy atom. The molecule has 20 heavy (non-hydrogen) atoms. The lowest BCUT2D eigenvalue weighted by Gasteiger charge is -2.04. The number of hydrogen-bond acceptors (Lipinski definition) is 0. The van der Waals surface area contributed by atoms with E-state index in [-0.39, 0.29) is 0 Å². The van der Waals surface area contributed by atoms with Gasteiger partial charge < -0.3 is 0 Å². The Balaban J connectivity index is 1.99. The van der Waals surface area contributed by atoms with Crippen LogP contribution in [0.4, 0.5) is 0 Å². The van der Waals surface area contributed by atoms with Gasteiger partial charge in [-0.25, -0.2) is 0 Å². The van der Waals surface area contributed by atoms with E-state index in [1.165, 1.54) is 33.6 Å². The van der Waals surface area contributed by atoms with E-state index >= 15 is 0 Å². The molecule has 0 amide bonds. The highest BCUT2D eigenvalue weighted by molar-refractivity contribution is 5.74. The standard InChI is InChI=1S/C19H16N/c1-14-11-18-17-10-6-5-7-15(17)12-19(18)20(13-14)16-8-3-2-4-9-16/h2-11,13H,12H2,1H3/q+1. The van der Waals surface area contributed by atoms with E-state index in [1.54, 1.807) is 0 Å². The molecule has 0 radical (unpaired) electrons. The smallest absolute Gasteiger partial charge is 0.163 e. The molecule has 1 heterocycles. The molecule has 4 rings (SSSR count). The first-order valence-corrected chi connectivity index (χ1v) is 7.02. The molecule has 0 spiro atoms. The van der Waals surface area contributed by atoms with Crippen molar-refractivity contribution >= 4 is 0 Å². The van der Waals surface area contributed by atoms with Crippen LogP contribution >= 0.6 is 0 Å². The highest BCUT2D eigenvalue weighted by atomic mass is 15.0. The Hall–Kier alpha value is -2.41. The lowest BCUT2D eigenvalue weighted by Crippen LogP contribution is -2.35. The summed E-state index contributed by atoms with van der Waals surface area (Å²) < 4.78 is 2.34. The second-order valence-electron chi connectivity index (χ2n) is 5.42. The molecule has 1 aromatic heterocycles. The molecular formula is C19H16N+. The van der Waals surface area contributed by atoms with Gasteiger partial charge in [-0.3, -0.25) is 0 Å². The molecule has 1 aliphatic rings. The van der Waals surface area contributed by atoms with Crippen LogP contribution in [-0.2, 0) is 6.42 Å². The zero-order chi connectivity index (χ0) is 13.5. The van der Waals surface area contributed by atoms with Crippen molar-refractivity contribution in [1.82, 2.24) is 0 Å².